The number of nitrogens with one attached hydrogen (secondary N) is 1. The highest BCUT2D eigenvalue weighted by Gasteiger charge is 2.18. The lowest BCUT2D eigenvalue weighted by Gasteiger charge is -2.29. The third-order valence-electron chi connectivity index (χ3n) is 3.62. The Morgan fingerprint density at radius 3 is 2.70 bits per heavy atom. The molecular weight excluding hydrogens is 274 g/mol. The minimum Gasteiger partial charge on any atom is -0.337 e. The van der Waals surface area contributed by atoms with E-state index in [1.54, 1.807) is 0 Å². The first kappa shape index (κ1) is 15.3. The first-order valence-electron chi connectivity index (χ1n) is 7.15. The highest BCUT2D eigenvalue weighted by atomic mass is 35.5. The monoisotopic (exact) mass is 295 g/mol. The van der Waals surface area contributed by atoms with Crippen molar-refractivity contribution in [1.82, 2.24) is 15.1 Å². The second-order valence-electron chi connectivity index (χ2n) is 5.03. The van der Waals surface area contributed by atoms with Crippen molar-refractivity contribution in [3.63, 3.8) is 0 Å². The zero-order valence-electron chi connectivity index (χ0n) is 11.9. The lowest BCUT2D eigenvalue weighted by atomic mass is 10.2. The molecule has 2 rings (SSSR count). The first-order chi connectivity index (χ1) is 9.70. The minimum absolute atomic E-state index is 0.175. The van der Waals surface area contributed by atoms with Gasteiger partial charge in [-0.3, -0.25) is 9.69 Å². The van der Waals surface area contributed by atoms with Gasteiger partial charge in [-0.05, 0) is 18.6 Å². The topological polar surface area (TPSA) is 35.6 Å². The van der Waals surface area contributed by atoms with Crippen LogP contribution in [0.5, 0.6) is 0 Å². The van der Waals surface area contributed by atoms with Crippen molar-refractivity contribution < 1.29 is 4.79 Å². The van der Waals surface area contributed by atoms with Gasteiger partial charge in [0.2, 0.25) is 5.91 Å². The third-order valence-corrected chi connectivity index (χ3v) is 3.99. The molecule has 1 aliphatic rings. The number of piperazine rings is 1. The maximum Gasteiger partial charge on any atom is 0.237 e. The molecule has 1 amide bonds. The fraction of sp³-hybridized carbons (Fsp3) is 0.533. The van der Waals surface area contributed by atoms with Crippen molar-refractivity contribution in [2.75, 3.05) is 39.3 Å². The average molecular weight is 296 g/mol. The molecule has 0 saturated carbocycles. The van der Waals surface area contributed by atoms with Gasteiger partial charge in [-0.2, -0.15) is 0 Å². The summed E-state index contributed by atoms with van der Waals surface area (Å²) in [7, 11) is 0. The molecule has 110 valence electrons. The molecule has 0 bridgehead atoms. The lowest BCUT2D eigenvalue weighted by molar-refractivity contribution is -0.133. The summed E-state index contributed by atoms with van der Waals surface area (Å²) in [4.78, 5) is 16.4. The van der Waals surface area contributed by atoms with Crippen molar-refractivity contribution in [1.29, 1.82) is 0 Å². The molecule has 5 heteroatoms. The van der Waals surface area contributed by atoms with Crippen LogP contribution in [0.3, 0.4) is 0 Å². The van der Waals surface area contributed by atoms with E-state index in [1.165, 1.54) is 0 Å². The Hall–Kier alpha value is -1.10. The van der Waals surface area contributed by atoms with Crippen LogP contribution in [-0.4, -0.2) is 55.0 Å². The average Bonchev–Trinajstić information content (AvgIpc) is 2.47. The fourth-order valence-corrected chi connectivity index (χ4v) is 2.56. The van der Waals surface area contributed by atoms with Crippen molar-refractivity contribution in [3.8, 4) is 0 Å². The molecule has 4 nitrogen and oxygen atoms in total. The number of rotatable bonds is 5. The van der Waals surface area contributed by atoms with Crippen LogP contribution in [0.1, 0.15) is 12.5 Å². The SMILES string of the molecule is CCN(Cc1ccccc1Cl)C(=O)CN1CCNCC1. The quantitative estimate of drug-likeness (QED) is 0.896. The Balaban J connectivity index is 1.93. The van der Waals surface area contributed by atoms with Crippen molar-refractivity contribution in [2.24, 2.45) is 0 Å². The number of amides is 1. The van der Waals surface area contributed by atoms with Gasteiger partial charge in [-0.25, -0.2) is 0 Å². The molecule has 1 aliphatic heterocycles. The predicted octanol–water partition coefficient (Wildman–Crippen LogP) is 1.59. The molecule has 1 heterocycles. The minimum atomic E-state index is 0.175. The van der Waals surface area contributed by atoms with Crippen LogP contribution >= 0.6 is 11.6 Å². The summed E-state index contributed by atoms with van der Waals surface area (Å²) in [5, 5.41) is 4.02. The molecule has 1 aromatic carbocycles. The van der Waals surface area contributed by atoms with Crippen LogP contribution in [0, 0.1) is 0 Å². The Morgan fingerprint density at radius 2 is 2.05 bits per heavy atom. The number of carbonyl (C=O) groups excluding carboxylic acids is 1. The number of halogens is 1. The van der Waals surface area contributed by atoms with Crippen LogP contribution < -0.4 is 5.32 Å². The van der Waals surface area contributed by atoms with Gasteiger partial charge >= 0.3 is 0 Å². The van der Waals surface area contributed by atoms with Gasteiger partial charge in [-0.15, -0.1) is 0 Å². The van der Waals surface area contributed by atoms with Crippen LogP contribution in [0.2, 0.25) is 5.02 Å². The first-order valence-corrected chi connectivity index (χ1v) is 7.52. The van der Waals surface area contributed by atoms with E-state index in [0.29, 0.717) is 19.6 Å². The highest BCUT2D eigenvalue weighted by molar-refractivity contribution is 6.31. The van der Waals surface area contributed by atoms with Crippen LogP contribution in [0.15, 0.2) is 24.3 Å². The maximum absolute atomic E-state index is 12.4. The molecule has 0 spiro atoms. The second-order valence-corrected chi connectivity index (χ2v) is 5.43. The summed E-state index contributed by atoms with van der Waals surface area (Å²) in [6, 6.07) is 7.70. The standard InChI is InChI=1S/C15H22ClN3O/c1-2-19(11-13-5-3-4-6-14(13)16)15(20)12-18-9-7-17-8-10-18/h3-6,17H,2,7-12H2,1H3. The summed E-state index contributed by atoms with van der Waals surface area (Å²) < 4.78 is 0. The molecule has 0 radical (unpaired) electrons. The number of hydrogen-bond donors (Lipinski definition) is 1. The summed E-state index contributed by atoms with van der Waals surface area (Å²) in [6.07, 6.45) is 0. The van der Waals surface area contributed by atoms with Crippen molar-refractivity contribution in [2.45, 2.75) is 13.5 Å². The van der Waals surface area contributed by atoms with Gasteiger partial charge in [0.05, 0.1) is 6.54 Å². The Labute approximate surface area is 125 Å². The van der Waals surface area contributed by atoms with Gasteiger partial charge in [0.15, 0.2) is 0 Å². The van der Waals surface area contributed by atoms with E-state index in [9.17, 15) is 4.79 Å². The Kier molecular flexibility index (Phi) is 5.83. The van der Waals surface area contributed by atoms with Crippen molar-refractivity contribution >= 4 is 17.5 Å². The van der Waals surface area contributed by atoms with Gasteiger partial charge in [0, 0.05) is 44.3 Å². The van der Waals surface area contributed by atoms with E-state index in [0.717, 1.165) is 36.8 Å². The molecule has 0 unspecified atom stereocenters. The molecular formula is C15H22ClN3O. The molecule has 1 saturated heterocycles. The Bertz CT molecular complexity index is 446. The predicted molar refractivity (Wildman–Crippen MR) is 81.9 cm³/mol. The van der Waals surface area contributed by atoms with Crippen LogP contribution in [-0.2, 0) is 11.3 Å². The molecule has 20 heavy (non-hydrogen) atoms. The smallest absolute Gasteiger partial charge is 0.237 e. The maximum atomic E-state index is 12.4. The van der Waals surface area contributed by atoms with Crippen LogP contribution in [0.25, 0.3) is 0 Å². The summed E-state index contributed by atoms with van der Waals surface area (Å²) >= 11 is 6.17. The van der Waals surface area contributed by atoms with E-state index in [4.69, 9.17) is 11.6 Å². The van der Waals surface area contributed by atoms with E-state index in [1.807, 2.05) is 36.1 Å². The van der Waals surface area contributed by atoms with E-state index >= 15 is 0 Å². The number of hydrogen-bond acceptors (Lipinski definition) is 3. The molecule has 1 fully saturated rings. The van der Waals surface area contributed by atoms with Gasteiger partial charge < -0.3 is 10.2 Å². The van der Waals surface area contributed by atoms with Gasteiger partial charge in [-0.1, -0.05) is 29.8 Å². The largest absolute Gasteiger partial charge is 0.337 e. The molecule has 1 N–H and O–H groups in total. The lowest BCUT2D eigenvalue weighted by Crippen LogP contribution is -2.48. The van der Waals surface area contributed by atoms with Gasteiger partial charge in [0.25, 0.3) is 0 Å². The third kappa shape index (κ3) is 4.20. The second kappa shape index (κ2) is 7.62. The molecule has 1 aromatic rings. The van der Waals surface area contributed by atoms with E-state index in [2.05, 4.69) is 10.2 Å². The number of benzene rings is 1. The number of nitrogens with zero attached hydrogens (tertiary/aromatic N) is 2. The number of likely N-dealkylation sites (N-methyl/N-ethyl adjacent to an activating group) is 1. The van der Waals surface area contributed by atoms with Crippen molar-refractivity contribution in [3.05, 3.63) is 34.9 Å². The molecule has 0 atom stereocenters. The Morgan fingerprint density at radius 1 is 1.35 bits per heavy atom. The summed E-state index contributed by atoms with van der Waals surface area (Å²) in [5.41, 5.74) is 1.00. The fourth-order valence-electron chi connectivity index (χ4n) is 2.37. The normalized spacial score (nSPS) is 16.1. The zero-order chi connectivity index (χ0) is 14.4. The summed E-state index contributed by atoms with van der Waals surface area (Å²) in [6.45, 7) is 7.60. The van der Waals surface area contributed by atoms with E-state index in [-0.39, 0.29) is 5.91 Å². The zero-order valence-corrected chi connectivity index (χ0v) is 12.7. The van der Waals surface area contributed by atoms with E-state index < -0.39 is 0 Å². The summed E-state index contributed by atoms with van der Waals surface area (Å²) in [5.74, 6) is 0.175. The highest BCUT2D eigenvalue weighted by Crippen LogP contribution is 2.17. The molecule has 0 aromatic heterocycles. The molecule has 0 aliphatic carbocycles. The van der Waals surface area contributed by atoms with Gasteiger partial charge in [0.1, 0.15) is 0 Å². The number of carbonyl (C=O) groups is 1. The van der Waals surface area contributed by atoms with Crippen LogP contribution in [0.4, 0.5) is 0 Å².